The molecule has 0 radical (unpaired) electrons. The highest BCUT2D eigenvalue weighted by Crippen LogP contribution is 2.30. The second-order valence-electron chi connectivity index (χ2n) is 7.20. The van der Waals surface area contributed by atoms with Gasteiger partial charge in [-0.05, 0) is 31.7 Å². The van der Waals surface area contributed by atoms with E-state index in [9.17, 15) is 9.59 Å². The van der Waals surface area contributed by atoms with Crippen molar-refractivity contribution in [3.05, 3.63) is 24.0 Å². The molecule has 2 bridgehead atoms. The summed E-state index contributed by atoms with van der Waals surface area (Å²) in [7, 11) is 0. The molecule has 2 aromatic rings. The van der Waals surface area contributed by atoms with E-state index in [4.69, 9.17) is 4.42 Å². The van der Waals surface area contributed by atoms with Crippen LogP contribution in [0.5, 0.6) is 0 Å². The van der Waals surface area contributed by atoms with Gasteiger partial charge in [0.2, 0.25) is 11.8 Å². The summed E-state index contributed by atoms with van der Waals surface area (Å²) in [6.45, 7) is 0.677. The normalized spacial score (nSPS) is 28.2. The number of anilines is 1. The Balaban J connectivity index is 1.36. The van der Waals surface area contributed by atoms with Gasteiger partial charge in [-0.15, -0.1) is 0 Å². The number of hydrogen-bond acceptors (Lipinski definition) is 5. The summed E-state index contributed by atoms with van der Waals surface area (Å²) < 4.78 is 5.73. The van der Waals surface area contributed by atoms with Gasteiger partial charge in [-0.1, -0.05) is 0 Å². The van der Waals surface area contributed by atoms with Gasteiger partial charge in [-0.3, -0.25) is 14.5 Å². The molecule has 3 aliphatic heterocycles. The van der Waals surface area contributed by atoms with E-state index in [1.54, 1.807) is 17.2 Å². The Morgan fingerprint density at radius 3 is 3.00 bits per heavy atom. The van der Waals surface area contributed by atoms with Crippen LogP contribution in [0.25, 0.3) is 11.0 Å². The van der Waals surface area contributed by atoms with E-state index in [2.05, 4.69) is 15.6 Å². The zero-order valence-electron chi connectivity index (χ0n) is 13.8. The highest BCUT2D eigenvalue weighted by atomic mass is 16.4. The van der Waals surface area contributed by atoms with Crippen molar-refractivity contribution in [2.45, 2.75) is 50.2 Å². The Kier molecular flexibility index (Phi) is 3.31. The molecule has 0 unspecified atom stereocenters. The fourth-order valence-corrected chi connectivity index (χ4v) is 4.30. The Morgan fingerprint density at radius 2 is 2.28 bits per heavy atom. The average Bonchev–Trinajstić information content (AvgIpc) is 3.37. The predicted molar refractivity (Wildman–Crippen MR) is 91.4 cm³/mol. The second kappa shape index (κ2) is 5.56. The van der Waals surface area contributed by atoms with Crippen molar-refractivity contribution in [1.82, 2.24) is 15.6 Å². The Hall–Kier alpha value is -2.41. The number of aromatic nitrogens is 1. The molecule has 3 fully saturated rings. The lowest BCUT2D eigenvalue weighted by Gasteiger charge is -2.21. The van der Waals surface area contributed by atoms with Crippen LogP contribution in [0.15, 0.2) is 22.7 Å². The summed E-state index contributed by atoms with van der Waals surface area (Å²) in [5.74, 6) is 0.462. The molecular weight excluding hydrogens is 320 g/mol. The van der Waals surface area contributed by atoms with Crippen molar-refractivity contribution < 1.29 is 14.0 Å². The minimum atomic E-state index is -0.152. The Morgan fingerprint density at radius 1 is 1.36 bits per heavy atom. The number of hydrogen-bond donors (Lipinski definition) is 2. The third-order valence-corrected chi connectivity index (χ3v) is 5.58. The topological polar surface area (TPSA) is 87.5 Å². The van der Waals surface area contributed by atoms with Gasteiger partial charge in [0.25, 0.3) is 5.91 Å². The van der Waals surface area contributed by atoms with Crippen LogP contribution < -0.4 is 15.5 Å². The first kappa shape index (κ1) is 14.9. The van der Waals surface area contributed by atoms with E-state index in [1.165, 1.54) is 6.42 Å². The SMILES string of the molecule is O=C(N[C@@H]1C[C@H]2CC[C@@H]1N2)c1cc2cc(N3CCCC3=O)oc2cn1. The van der Waals surface area contributed by atoms with Gasteiger partial charge in [-0.2, -0.15) is 0 Å². The summed E-state index contributed by atoms with van der Waals surface area (Å²) in [5, 5.41) is 7.41. The fourth-order valence-electron chi connectivity index (χ4n) is 4.30. The molecule has 3 aliphatic rings. The number of furan rings is 1. The Bertz CT molecular complexity index is 861. The van der Waals surface area contributed by atoms with Gasteiger partial charge < -0.3 is 15.1 Å². The lowest BCUT2D eigenvalue weighted by atomic mass is 9.95. The van der Waals surface area contributed by atoms with Crippen LogP contribution in [0, 0.1) is 0 Å². The quantitative estimate of drug-likeness (QED) is 0.886. The molecule has 130 valence electrons. The number of nitrogens with one attached hydrogen (secondary N) is 2. The highest BCUT2D eigenvalue weighted by molar-refractivity contribution is 5.98. The predicted octanol–water partition coefficient (Wildman–Crippen LogP) is 1.58. The van der Waals surface area contributed by atoms with Crippen LogP contribution in [0.1, 0.15) is 42.6 Å². The zero-order valence-corrected chi connectivity index (χ0v) is 13.8. The average molecular weight is 340 g/mol. The third kappa shape index (κ3) is 2.50. The number of amides is 2. The first-order valence-electron chi connectivity index (χ1n) is 8.94. The van der Waals surface area contributed by atoms with Crippen molar-refractivity contribution in [2.24, 2.45) is 0 Å². The maximum absolute atomic E-state index is 12.5. The van der Waals surface area contributed by atoms with Crippen LogP contribution in [0.3, 0.4) is 0 Å². The zero-order chi connectivity index (χ0) is 17.0. The van der Waals surface area contributed by atoms with Gasteiger partial charge in [-0.25, -0.2) is 4.98 Å². The van der Waals surface area contributed by atoms with Crippen LogP contribution in [0.2, 0.25) is 0 Å². The lowest BCUT2D eigenvalue weighted by molar-refractivity contribution is -0.117. The first-order chi connectivity index (χ1) is 12.2. The van der Waals surface area contributed by atoms with Gasteiger partial charge in [0.1, 0.15) is 5.69 Å². The van der Waals surface area contributed by atoms with Crippen LogP contribution in [-0.4, -0.2) is 41.5 Å². The summed E-state index contributed by atoms with van der Waals surface area (Å²) >= 11 is 0. The number of carbonyl (C=O) groups is 2. The molecule has 0 saturated carbocycles. The Labute approximate surface area is 144 Å². The minimum absolute atomic E-state index is 0.0776. The van der Waals surface area contributed by atoms with Crippen LogP contribution in [0.4, 0.5) is 5.88 Å². The summed E-state index contributed by atoms with van der Waals surface area (Å²) in [6, 6.07) is 4.67. The second-order valence-corrected chi connectivity index (χ2v) is 7.20. The van der Waals surface area contributed by atoms with Crippen LogP contribution in [-0.2, 0) is 4.79 Å². The van der Waals surface area contributed by atoms with Gasteiger partial charge in [0.05, 0.1) is 6.20 Å². The molecule has 3 saturated heterocycles. The fraction of sp³-hybridized carbons (Fsp3) is 0.500. The maximum Gasteiger partial charge on any atom is 0.270 e. The lowest BCUT2D eigenvalue weighted by Crippen LogP contribution is -2.43. The highest BCUT2D eigenvalue weighted by Gasteiger charge is 2.39. The molecule has 5 heterocycles. The molecule has 2 aromatic heterocycles. The van der Waals surface area contributed by atoms with Crippen molar-refractivity contribution in [3.8, 4) is 0 Å². The maximum atomic E-state index is 12.5. The van der Waals surface area contributed by atoms with Crippen molar-refractivity contribution in [1.29, 1.82) is 0 Å². The molecule has 25 heavy (non-hydrogen) atoms. The van der Waals surface area contributed by atoms with Crippen molar-refractivity contribution in [3.63, 3.8) is 0 Å². The number of pyridine rings is 1. The summed E-state index contributed by atoms with van der Waals surface area (Å²) in [4.78, 5) is 30.3. The van der Waals surface area contributed by atoms with E-state index >= 15 is 0 Å². The largest absolute Gasteiger partial charge is 0.438 e. The standard InChI is InChI=1S/C18H20N4O3/c23-16-2-1-5-22(16)17-7-10-6-14(19-9-15(10)25-17)18(24)21-13-8-11-3-4-12(13)20-11/h6-7,9,11-13,20H,1-5,8H2,(H,21,24)/t11-,12+,13-/m1/s1. The number of rotatable bonds is 3. The first-order valence-corrected chi connectivity index (χ1v) is 8.94. The smallest absolute Gasteiger partial charge is 0.270 e. The molecule has 0 aromatic carbocycles. The van der Waals surface area contributed by atoms with Crippen molar-refractivity contribution in [2.75, 3.05) is 11.4 Å². The van der Waals surface area contributed by atoms with E-state index in [1.807, 2.05) is 6.07 Å². The third-order valence-electron chi connectivity index (χ3n) is 5.58. The minimum Gasteiger partial charge on any atom is -0.438 e. The molecule has 5 rings (SSSR count). The molecule has 0 spiro atoms. The molecule has 7 nitrogen and oxygen atoms in total. The molecule has 0 aliphatic carbocycles. The number of carbonyl (C=O) groups excluding carboxylic acids is 2. The monoisotopic (exact) mass is 340 g/mol. The van der Waals surface area contributed by atoms with E-state index in [0.717, 1.165) is 24.6 Å². The van der Waals surface area contributed by atoms with E-state index in [0.29, 0.717) is 42.2 Å². The van der Waals surface area contributed by atoms with Gasteiger partial charge >= 0.3 is 0 Å². The van der Waals surface area contributed by atoms with Crippen LogP contribution >= 0.6 is 0 Å². The summed E-state index contributed by atoms with van der Waals surface area (Å²) in [5.41, 5.74) is 0.975. The van der Waals surface area contributed by atoms with E-state index < -0.39 is 0 Å². The molecule has 7 heteroatoms. The molecule has 3 atom stereocenters. The molecule has 2 N–H and O–H groups in total. The van der Waals surface area contributed by atoms with Gasteiger partial charge in [0.15, 0.2) is 5.58 Å². The number of nitrogens with zero attached hydrogens (tertiary/aromatic N) is 2. The summed E-state index contributed by atoms with van der Waals surface area (Å²) in [6.07, 6.45) is 6.28. The number of fused-ring (bicyclic) bond motifs is 3. The van der Waals surface area contributed by atoms with Gasteiger partial charge in [0, 0.05) is 42.5 Å². The van der Waals surface area contributed by atoms with Crippen molar-refractivity contribution >= 4 is 28.7 Å². The van der Waals surface area contributed by atoms with E-state index in [-0.39, 0.29) is 17.9 Å². The molecular formula is C18H20N4O3. The molecule has 2 amide bonds.